The number of hydrogen-bond donors (Lipinski definition) is 0. The minimum absolute atomic E-state index is 0.650. The predicted molar refractivity (Wildman–Crippen MR) is 114 cm³/mol. The summed E-state index contributed by atoms with van der Waals surface area (Å²) in [6, 6.07) is 12.9. The first kappa shape index (κ1) is 20.3. The van der Waals surface area contributed by atoms with Crippen LogP contribution in [0.25, 0.3) is 0 Å². The zero-order chi connectivity index (χ0) is 19.9. The third-order valence-corrected chi connectivity index (χ3v) is 5.53. The molecule has 3 rings (SSSR count). The van der Waals surface area contributed by atoms with Crippen molar-refractivity contribution >= 4 is 5.69 Å². The number of rotatable bonds is 8. The fourth-order valence-electron chi connectivity index (χ4n) is 3.90. The third kappa shape index (κ3) is 4.53. The molecule has 0 atom stereocenters. The summed E-state index contributed by atoms with van der Waals surface area (Å²) in [7, 11) is 4.96. The molecule has 2 aromatic carbocycles. The van der Waals surface area contributed by atoms with Gasteiger partial charge in [-0.3, -0.25) is 4.90 Å². The molecule has 1 saturated heterocycles. The van der Waals surface area contributed by atoms with Crippen LogP contribution in [0.3, 0.4) is 0 Å². The highest BCUT2D eigenvalue weighted by molar-refractivity contribution is 5.55. The lowest BCUT2D eigenvalue weighted by Crippen LogP contribution is -2.47. The van der Waals surface area contributed by atoms with Crippen molar-refractivity contribution in [2.75, 3.05) is 59.0 Å². The summed E-state index contributed by atoms with van der Waals surface area (Å²) in [6.07, 6.45) is 2.04. The van der Waals surface area contributed by atoms with Gasteiger partial charge in [0.05, 0.1) is 21.3 Å². The molecule has 0 amide bonds. The smallest absolute Gasteiger partial charge is 0.203 e. The standard InChI is InChI=1S/C23H32N2O3/c1-5-19-8-6-7-9-20(19)25-14-12-24(13-15-25)11-10-18-16-21(26-2)23(28-4)22(17-18)27-3/h6-9,16-17H,5,10-15H2,1-4H3. The Bertz CT molecular complexity index is 745. The van der Waals surface area contributed by atoms with E-state index in [0.29, 0.717) is 5.75 Å². The number of aryl methyl sites for hydroxylation is 1. The Kier molecular flexibility index (Phi) is 7.04. The fraction of sp³-hybridized carbons (Fsp3) is 0.478. The summed E-state index contributed by atoms with van der Waals surface area (Å²) < 4.78 is 16.4. The third-order valence-electron chi connectivity index (χ3n) is 5.53. The molecule has 0 saturated carbocycles. The molecule has 5 nitrogen and oxygen atoms in total. The van der Waals surface area contributed by atoms with Gasteiger partial charge < -0.3 is 19.1 Å². The molecule has 1 aliphatic rings. The molecule has 2 aromatic rings. The van der Waals surface area contributed by atoms with Gasteiger partial charge in [0.2, 0.25) is 5.75 Å². The van der Waals surface area contributed by atoms with Crippen LogP contribution in [0.4, 0.5) is 5.69 Å². The van der Waals surface area contributed by atoms with Crippen LogP contribution in [0.2, 0.25) is 0 Å². The largest absolute Gasteiger partial charge is 0.493 e. The van der Waals surface area contributed by atoms with Crippen LogP contribution in [0.1, 0.15) is 18.1 Å². The van der Waals surface area contributed by atoms with E-state index >= 15 is 0 Å². The summed E-state index contributed by atoms with van der Waals surface area (Å²) in [5.41, 5.74) is 4.04. The van der Waals surface area contributed by atoms with Crippen LogP contribution < -0.4 is 19.1 Å². The van der Waals surface area contributed by atoms with Crippen LogP contribution in [0, 0.1) is 0 Å². The summed E-state index contributed by atoms with van der Waals surface area (Å²) in [6.45, 7) is 7.58. The van der Waals surface area contributed by atoms with E-state index < -0.39 is 0 Å². The van der Waals surface area contributed by atoms with Gasteiger partial charge in [-0.05, 0) is 42.2 Å². The Morgan fingerprint density at radius 2 is 1.50 bits per heavy atom. The van der Waals surface area contributed by atoms with Crippen molar-refractivity contribution in [3.63, 3.8) is 0 Å². The van der Waals surface area contributed by atoms with Crippen molar-refractivity contribution in [1.29, 1.82) is 0 Å². The molecule has 1 heterocycles. The van der Waals surface area contributed by atoms with E-state index in [1.54, 1.807) is 21.3 Å². The first-order chi connectivity index (χ1) is 13.7. The summed E-state index contributed by atoms with van der Waals surface area (Å²) in [5, 5.41) is 0. The second kappa shape index (κ2) is 9.69. The molecule has 28 heavy (non-hydrogen) atoms. The van der Waals surface area contributed by atoms with Gasteiger partial charge in [0.1, 0.15) is 0 Å². The van der Waals surface area contributed by atoms with Crippen molar-refractivity contribution in [3.05, 3.63) is 47.5 Å². The Morgan fingerprint density at radius 1 is 0.857 bits per heavy atom. The molecule has 0 spiro atoms. The second-order valence-electron chi connectivity index (χ2n) is 7.09. The monoisotopic (exact) mass is 384 g/mol. The molecule has 5 heteroatoms. The van der Waals surface area contributed by atoms with E-state index in [1.165, 1.54) is 16.8 Å². The molecule has 0 aliphatic carbocycles. The lowest BCUT2D eigenvalue weighted by Gasteiger charge is -2.37. The SMILES string of the molecule is CCc1ccccc1N1CCN(CCc2cc(OC)c(OC)c(OC)c2)CC1. The molecule has 0 bridgehead atoms. The number of hydrogen-bond acceptors (Lipinski definition) is 5. The van der Waals surface area contributed by atoms with E-state index in [1.807, 2.05) is 0 Å². The number of ether oxygens (including phenoxy) is 3. The van der Waals surface area contributed by atoms with Gasteiger partial charge in [0.25, 0.3) is 0 Å². The zero-order valence-corrected chi connectivity index (χ0v) is 17.5. The molecule has 0 N–H and O–H groups in total. The van der Waals surface area contributed by atoms with Crippen molar-refractivity contribution in [3.8, 4) is 17.2 Å². The Labute approximate surface area is 168 Å². The number of anilines is 1. The number of benzene rings is 2. The minimum Gasteiger partial charge on any atom is -0.493 e. The Hall–Kier alpha value is -2.40. The number of methoxy groups -OCH3 is 3. The van der Waals surface area contributed by atoms with E-state index in [9.17, 15) is 0 Å². The fourth-order valence-corrected chi connectivity index (χ4v) is 3.90. The maximum absolute atomic E-state index is 5.47. The van der Waals surface area contributed by atoms with E-state index in [-0.39, 0.29) is 0 Å². The second-order valence-corrected chi connectivity index (χ2v) is 7.09. The van der Waals surface area contributed by atoms with Crippen molar-refractivity contribution < 1.29 is 14.2 Å². The average Bonchev–Trinajstić information content (AvgIpc) is 2.77. The number of piperazine rings is 1. The molecule has 0 unspecified atom stereocenters. The maximum Gasteiger partial charge on any atom is 0.203 e. The highest BCUT2D eigenvalue weighted by Crippen LogP contribution is 2.38. The first-order valence-corrected chi connectivity index (χ1v) is 10.0. The number of para-hydroxylation sites is 1. The van der Waals surface area contributed by atoms with E-state index in [2.05, 4.69) is 53.1 Å². The van der Waals surface area contributed by atoms with Crippen LogP contribution in [-0.4, -0.2) is 59.0 Å². The molecular weight excluding hydrogens is 352 g/mol. The lowest BCUT2D eigenvalue weighted by molar-refractivity contribution is 0.260. The van der Waals surface area contributed by atoms with Crippen LogP contribution in [-0.2, 0) is 12.8 Å². The number of nitrogens with zero attached hydrogens (tertiary/aromatic N) is 2. The van der Waals surface area contributed by atoms with Gasteiger partial charge in [-0.2, -0.15) is 0 Å². The molecule has 152 valence electrons. The van der Waals surface area contributed by atoms with E-state index in [0.717, 1.165) is 57.1 Å². The quantitative estimate of drug-likeness (QED) is 0.694. The molecule has 0 radical (unpaired) electrons. The minimum atomic E-state index is 0.650. The van der Waals surface area contributed by atoms with Gasteiger partial charge in [-0.1, -0.05) is 25.1 Å². The van der Waals surface area contributed by atoms with Crippen LogP contribution in [0.5, 0.6) is 17.2 Å². The van der Waals surface area contributed by atoms with Gasteiger partial charge in [0.15, 0.2) is 11.5 Å². The zero-order valence-electron chi connectivity index (χ0n) is 17.5. The van der Waals surface area contributed by atoms with Crippen molar-refractivity contribution in [2.45, 2.75) is 19.8 Å². The molecule has 1 fully saturated rings. The molecule has 0 aromatic heterocycles. The summed E-state index contributed by atoms with van der Waals surface area (Å²) in [4.78, 5) is 5.06. The van der Waals surface area contributed by atoms with Crippen LogP contribution in [0.15, 0.2) is 36.4 Å². The molecule has 1 aliphatic heterocycles. The maximum atomic E-state index is 5.47. The summed E-state index contributed by atoms with van der Waals surface area (Å²) in [5.74, 6) is 2.09. The normalized spacial score (nSPS) is 14.8. The average molecular weight is 385 g/mol. The van der Waals surface area contributed by atoms with Crippen molar-refractivity contribution in [2.24, 2.45) is 0 Å². The highest BCUT2D eigenvalue weighted by Gasteiger charge is 2.19. The Balaban J connectivity index is 1.58. The predicted octanol–water partition coefficient (Wildman–Crippen LogP) is 3.64. The van der Waals surface area contributed by atoms with E-state index in [4.69, 9.17) is 14.2 Å². The lowest BCUT2D eigenvalue weighted by atomic mass is 10.1. The van der Waals surface area contributed by atoms with Gasteiger partial charge in [-0.15, -0.1) is 0 Å². The first-order valence-electron chi connectivity index (χ1n) is 10.0. The summed E-state index contributed by atoms with van der Waals surface area (Å²) >= 11 is 0. The molecular formula is C23H32N2O3. The van der Waals surface area contributed by atoms with Gasteiger partial charge in [-0.25, -0.2) is 0 Å². The highest BCUT2D eigenvalue weighted by atomic mass is 16.5. The van der Waals surface area contributed by atoms with Gasteiger partial charge >= 0.3 is 0 Å². The topological polar surface area (TPSA) is 34.2 Å². The van der Waals surface area contributed by atoms with Gasteiger partial charge in [0, 0.05) is 38.4 Å². The van der Waals surface area contributed by atoms with Crippen LogP contribution >= 0.6 is 0 Å². The Morgan fingerprint density at radius 3 is 2.07 bits per heavy atom. The van der Waals surface area contributed by atoms with Crippen molar-refractivity contribution in [1.82, 2.24) is 4.90 Å².